The maximum absolute atomic E-state index is 13.0. The van der Waals surface area contributed by atoms with Gasteiger partial charge in [0.05, 0.1) is 22.2 Å². The number of benzene rings is 1. The molecule has 146 valence electrons. The molecular weight excluding hydrogens is 433 g/mol. The van der Waals surface area contributed by atoms with Crippen LogP contribution in [0.5, 0.6) is 5.88 Å². The molecule has 0 spiro atoms. The number of nitrogens with zero attached hydrogens (tertiary/aromatic N) is 3. The molecule has 0 fully saturated rings. The predicted octanol–water partition coefficient (Wildman–Crippen LogP) is 3.81. The van der Waals surface area contributed by atoms with E-state index < -0.39 is 17.4 Å². The van der Waals surface area contributed by atoms with Crippen LogP contribution in [0.3, 0.4) is 0 Å². The van der Waals surface area contributed by atoms with Crippen LogP contribution in [0.2, 0.25) is 10.0 Å². The molecule has 8 nitrogen and oxygen atoms in total. The molecule has 11 heteroatoms. The normalized spacial score (nSPS) is 10.9. The van der Waals surface area contributed by atoms with Crippen LogP contribution in [0.1, 0.15) is 27.2 Å². The van der Waals surface area contributed by atoms with Gasteiger partial charge in [-0.1, -0.05) is 27.9 Å². The smallest absolute Gasteiger partial charge is 0.388 e. The van der Waals surface area contributed by atoms with Gasteiger partial charge < -0.3 is 9.26 Å². The zero-order valence-electron chi connectivity index (χ0n) is 14.5. The molecule has 0 aliphatic heterocycles. The number of ketones is 1. The van der Waals surface area contributed by atoms with Crippen molar-refractivity contribution in [1.82, 2.24) is 14.5 Å². The second kappa shape index (κ2) is 7.83. The Morgan fingerprint density at radius 1 is 1.29 bits per heavy atom. The molecule has 0 unspecified atom stereocenters. The fraction of sp³-hybridized carbons (Fsp3) is 0.176. The number of rotatable bonds is 4. The van der Waals surface area contributed by atoms with Crippen LogP contribution in [0.4, 0.5) is 4.79 Å². The van der Waals surface area contributed by atoms with E-state index in [1.54, 1.807) is 6.92 Å². The molecule has 0 radical (unpaired) electrons. The molecule has 0 N–H and O–H groups in total. The standard InChI is InChI=1S/C17H12Cl3N3O5/c1-8-13(14(24)11-4-3-10(19)5-12(11)20)16(22(2)21-8)28-17(26)23-15(25)9(6-18)7-27-23/h3-5,7H,6H2,1-2H3. The summed E-state index contributed by atoms with van der Waals surface area (Å²) in [5.41, 5.74) is -0.206. The second-order valence-electron chi connectivity index (χ2n) is 5.69. The summed E-state index contributed by atoms with van der Waals surface area (Å²) in [5, 5.41) is 4.60. The van der Waals surface area contributed by atoms with E-state index in [4.69, 9.17) is 44.1 Å². The summed E-state index contributed by atoms with van der Waals surface area (Å²) in [6.07, 6.45) is -0.106. The predicted molar refractivity (Wildman–Crippen MR) is 102 cm³/mol. The highest BCUT2D eigenvalue weighted by atomic mass is 35.5. The number of aryl methyl sites for hydroxylation is 2. The molecular formula is C17H12Cl3N3O5. The number of hydrogen-bond donors (Lipinski definition) is 0. The minimum absolute atomic E-state index is 0.0113. The minimum Gasteiger partial charge on any atom is -0.388 e. The van der Waals surface area contributed by atoms with Crippen LogP contribution < -0.4 is 10.3 Å². The highest BCUT2D eigenvalue weighted by Gasteiger charge is 2.28. The monoisotopic (exact) mass is 443 g/mol. The molecule has 28 heavy (non-hydrogen) atoms. The van der Waals surface area contributed by atoms with Crippen molar-refractivity contribution in [2.75, 3.05) is 0 Å². The third-order valence-electron chi connectivity index (χ3n) is 3.83. The molecule has 0 amide bonds. The summed E-state index contributed by atoms with van der Waals surface area (Å²) in [7, 11) is 1.48. The third-order valence-corrected chi connectivity index (χ3v) is 4.66. The molecule has 1 aromatic carbocycles. The SMILES string of the molecule is Cc1nn(C)c(OC(=O)n2occ(CCl)c2=O)c1C(=O)c1ccc(Cl)cc1Cl. The number of aromatic nitrogens is 3. The molecule has 0 saturated carbocycles. The Kier molecular flexibility index (Phi) is 5.64. The van der Waals surface area contributed by atoms with Gasteiger partial charge in [0.25, 0.3) is 5.56 Å². The maximum atomic E-state index is 13.0. The quantitative estimate of drug-likeness (QED) is 0.448. The van der Waals surface area contributed by atoms with Crippen LogP contribution in [0, 0.1) is 6.92 Å². The largest absolute Gasteiger partial charge is 0.458 e. The first kappa shape index (κ1) is 20.2. The zero-order valence-corrected chi connectivity index (χ0v) is 16.8. The summed E-state index contributed by atoms with van der Waals surface area (Å²) in [6, 6.07) is 4.38. The van der Waals surface area contributed by atoms with Gasteiger partial charge in [-0.2, -0.15) is 5.10 Å². The summed E-state index contributed by atoms with van der Waals surface area (Å²) in [5.74, 6) is -0.829. The lowest BCUT2D eigenvalue weighted by Crippen LogP contribution is -2.28. The van der Waals surface area contributed by atoms with Crippen molar-refractivity contribution >= 4 is 46.7 Å². The number of alkyl halides is 1. The summed E-state index contributed by atoms with van der Waals surface area (Å²) in [6.45, 7) is 1.57. The molecule has 0 atom stereocenters. The van der Waals surface area contributed by atoms with Gasteiger partial charge in [0.2, 0.25) is 11.7 Å². The van der Waals surface area contributed by atoms with E-state index in [0.29, 0.717) is 15.5 Å². The van der Waals surface area contributed by atoms with Crippen molar-refractivity contribution in [1.29, 1.82) is 0 Å². The van der Waals surface area contributed by atoms with Gasteiger partial charge in [-0.3, -0.25) is 9.59 Å². The van der Waals surface area contributed by atoms with Gasteiger partial charge >= 0.3 is 6.09 Å². The van der Waals surface area contributed by atoms with Crippen LogP contribution in [0.15, 0.2) is 33.8 Å². The minimum atomic E-state index is -1.15. The van der Waals surface area contributed by atoms with Gasteiger partial charge in [0, 0.05) is 17.6 Å². The lowest BCUT2D eigenvalue weighted by atomic mass is 10.0. The van der Waals surface area contributed by atoms with Crippen molar-refractivity contribution in [3.63, 3.8) is 0 Å². The Morgan fingerprint density at radius 3 is 2.61 bits per heavy atom. The average Bonchev–Trinajstić information content (AvgIpc) is 3.13. The number of ether oxygens (including phenoxy) is 1. The zero-order chi connectivity index (χ0) is 20.6. The Morgan fingerprint density at radius 2 is 2.00 bits per heavy atom. The molecule has 0 saturated heterocycles. The topological polar surface area (TPSA) is 96.3 Å². The second-order valence-corrected chi connectivity index (χ2v) is 6.80. The number of halogens is 3. The van der Waals surface area contributed by atoms with Gasteiger partial charge in [-0.25, -0.2) is 9.48 Å². The van der Waals surface area contributed by atoms with E-state index in [1.165, 1.54) is 29.9 Å². The first-order chi connectivity index (χ1) is 13.2. The van der Waals surface area contributed by atoms with Crippen LogP contribution >= 0.6 is 34.8 Å². The van der Waals surface area contributed by atoms with E-state index >= 15 is 0 Å². The summed E-state index contributed by atoms with van der Waals surface area (Å²) < 4.78 is 11.7. The van der Waals surface area contributed by atoms with E-state index in [-0.39, 0.29) is 33.5 Å². The first-order valence-electron chi connectivity index (χ1n) is 7.76. The molecule has 0 aliphatic rings. The van der Waals surface area contributed by atoms with E-state index in [2.05, 4.69) is 5.10 Å². The number of carbonyl (C=O) groups excluding carboxylic acids is 2. The summed E-state index contributed by atoms with van der Waals surface area (Å²) >= 11 is 17.6. The first-order valence-corrected chi connectivity index (χ1v) is 9.05. The van der Waals surface area contributed by atoms with Gasteiger partial charge in [-0.15, -0.1) is 11.6 Å². The molecule has 3 rings (SSSR count). The van der Waals surface area contributed by atoms with Crippen LogP contribution in [-0.4, -0.2) is 26.4 Å². The van der Waals surface area contributed by atoms with Crippen LogP contribution in [-0.2, 0) is 12.9 Å². The fourth-order valence-corrected chi connectivity index (χ4v) is 3.18. The molecule has 0 aliphatic carbocycles. The van der Waals surface area contributed by atoms with Gasteiger partial charge in [-0.05, 0) is 25.1 Å². The number of carbonyl (C=O) groups is 2. The van der Waals surface area contributed by atoms with E-state index in [9.17, 15) is 14.4 Å². The lowest BCUT2D eigenvalue weighted by Gasteiger charge is -2.08. The van der Waals surface area contributed by atoms with Crippen molar-refractivity contribution in [2.24, 2.45) is 7.05 Å². The Bertz CT molecular complexity index is 1150. The Balaban J connectivity index is 2.01. The van der Waals surface area contributed by atoms with Crippen molar-refractivity contribution in [3.8, 4) is 5.88 Å². The van der Waals surface area contributed by atoms with Crippen molar-refractivity contribution in [2.45, 2.75) is 12.8 Å². The average molecular weight is 445 g/mol. The highest BCUT2D eigenvalue weighted by Crippen LogP contribution is 2.29. The van der Waals surface area contributed by atoms with Gasteiger partial charge in [0.15, 0.2) is 0 Å². The molecule has 2 heterocycles. The van der Waals surface area contributed by atoms with E-state index in [0.717, 1.165) is 6.26 Å². The molecule has 3 aromatic rings. The fourth-order valence-electron chi connectivity index (χ4n) is 2.51. The summed E-state index contributed by atoms with van der Waals surface area (Å²) in [4.78, 5) is 37.3. The molecule has 2 aromatic heterocycles. The van der Waals surface area contributed by atoms with Crippen molar-refractivity contribution < 1.29 is 18.8 Å². The maximum Gasteiger partial charge on any atom is 0.458 e. The van der Waals surface area contributed by atoms with E-state index in [1.807, 2.05) is 0 Å². The highest BCUT2D eigenvalue weighted by molar-refractivity contribution is 6.37. The Hall–Kier alpha value is -2.55. The molecule has 0 bridgehead atoms. The number of hydrogen-bond acceptors (Lipinski definition) is 6. The Labute approximate surface area is 173 Å². The lowest BCUT2D eigenvalue weighted by molar-refractivity contribution is 0.103. The van der Waals surface area contributed by atoms with Crippen molar-refractivity contribution in [3.05, 3.63) is 67.2 Å². The van der Waals surface area contributed by atoms with Crippen LogP contribution in [0.25, 0.3) is 0 Å². The van der Waals surface area contributed by atoms with Gasteiger partial charge in [0.1, 0.15) is 11.8 Å². The third kappa shape index (κ3) is 3.58.